The van der Waals surface area contributed by atoms with E-state index >= 15 is 0 Å². The number of carbonyl (C=O) groups is 2. The second-order valence-electron chi connectivity index (χ2n) is 12.9. The summed E-state index contributed by atoms with van der Waals surface area (Å²) in [6.45, 7) is 3.89. The summed E-state index contributed by atoms with van der Waals surface area (Å²) in [5.74, 6) is 0.138. The first-order valence-corrected chi connectivity index (χ1v) is 16.2. The first-order chi connectivity index (χ1) is 24.0. The van der Waals surface area contributed by atoms with Crippen molar-refractivity contribution in [2.24, 2.45) is 5.41 Å². The van der Waals surface area contributed by atoms with Crippen LogP contribution < -0.4 is 11.1 Å². The van der Waals surface area contributed by atoms with Crippen molar-refractivity contribution in [1.82, 2.24) is 24.3 Å². The second-order valence-corrected chi connectivity index (χ2v) is 12.9. The van der Waals surface area contributed by atoms with Crippen molar-refractivity contribution in [2.45, 2.75) is 31.9 Å². The molecule has 5 aromatic rings. The number of pyridine rings is 1. The van der Waals surface area contributed by atoms with Crippen LogP contribution in [-0.2, 0) is 15.7 Å². The lowest BCUT2D eigenvalue weighted by molar-refractivity contribution is -0.170. The van der Waals surface area contributed by atoms with E-state index in [9.17, 15) is 22.8 Å². The minimum absolute atomic E-state index is 0.0779. The molecule has 2 aliphatic heterocycles. The third-order valence-corrected chi connectivity index (χ3v) is 9.17. The summed E-state index contributed by atoms with van der Waals surface area (Å²) >= 11 is 0. The molecule has 7 rings (SSSR count). The zero-order valence-corrected chi connectivity index (χ0v) is 27.2. The fourth-order valence-electron chi connectivity index (χ4n) is 6.46. The number of imidazole rings is 1. The number of aromatic nitrogens is 4. The molecule has 2 saturated heterocycles. The van der Waals surface area contributed by atoms with E-state index in [2.05, 4.69) is 15.3 Å². The van der Waals surface area contributed by atoms with Crippen LogP contribution in [0, 0.1) is 5.41 Å². The number of hydrogen-bond donors (Lipinski definition) is 2. The van der Waals surface area contributed by atoms with Gasteiger partial charge in [-0.3, -0.25) is 14.0 Å². The SMILES string of the molecule is CC1(C(=O)N2CCCC(c3nc(-c4ccc(C(=O)Nc5cc(C(F)(F)F)ccn5)cc4)c4c(N)ncc(/C=C/c5ccccc5)n34)C2)COC1. The van der Waals surface area contributed by atoms with E-state index in [-0.39, 0.29) is 29.0 Å². The Bertz CT molecular complexity index is 2090. The highest BCUT2D eigenvalue weighted by Gasteiger charge is 2.45. The maximum atomic E-state index is 13.5. The Morgan fingerprint density at radius 2 is 1.80 bits per heavy atom. The quantitative estimate of drug-likeness (QED) is 0.199. The summed E-state index contributed by atoms with van der Waals surface area (Å²) < 4.78 is 46.9. The Labute approximate surface area is 285 Å². The Morgan fingerprint density at radius 3 is 2.50 bits per heavy atom. The highest BCUT2D eigenvalue weighted by atomic mass is 19.4. The summed E-state index contributed by atoms with van der Waals surface area (Å²) in [4.78, 5) is 41.9. The van der Waals surface area contributed by atoms with Crippen molar-refractivity contribution in [3.63, 3.8) is 0 Å². The van der Waals surface area contributed by atoms with Gasteiger partial charge in [-0.25, -0.2) is 15.0 Å². The molecule has 5 heterocycles. The molecule has 3 aromatic heterocycles. The van der Waals surface area contributed by atoms with Crippen LogP contribution in [0.3, 0.4) is 0 Å². The summed E-state index contributed by atoms with van der Waals surface area (Å²) in [7, 11) is 0. The van der Waals surface area contributed by atoms with Gasteiger partial charge in [-0.2, -0.15) is 13.2 Å². The highest BCUT2D eigenvalue weighted by molar-refractivity contribution is 6.04. The van der Waals surface area contributed by atoms with Gasteiger partial charge in [0.1, 0.15) is 28.7 Å². The maximum absolute atomic E-state index is 13.5. The molecule has 0 bridgehead atoms. The third kappa shape index (κ3) is 6.43. The number of nitrogens with two attached hydrogens (primary N) is 1. The number of fused-ring (bicyclic) bond motifs is 1. The van der Waals surface area contributed by atoms with Crippen molar-refractivity contribution in [3.8, 4) is 11.3 Å². The van der Waals surface area contributed by atoms with E-state index in [4.69, 9.17) is 15.5 Å². The Hall–Kier alpha value is -5.56. The highest BCUT2D eigenvalue weighted by Crippen LogP contribution is 2.37. The van der Waals surface area contributed by atoms with Gasteiger partial charge < -0.3 is 20.7 Å². The smallest absolute Gasteiger partial charge is 0.382 e. The number of nitrogens with one attached hydrogen (secondary N) is 1. The molecule has 0 saturated carbocycles. The topological polar surface area (TPSA) is 128 Å². The van der Waals surface area contributed by atoms with E-state index in [1.165, 1.54) is 0 Å². The van der Waals surface area contributed by atoms with Gasteiger partial charge in [0.2, 0.25) is 5.91 Å². The predicted molar refractivity (Wildman–Crippen MR) is 183 cm³/mol. The van der Waals surface area contributed by atoms with E-state index in [0.29, 0.717) is 43.1 Å². The molecular formula is C37H34F3N7O3. The molecule has 10 nitrogen and oxygen atoms in total. The molecule has 2 aromatic carbocycles. The number of halogens is 3. The van der Waals surface area contributed by atoms with Crippen LogP contribution in [0.15, 0.2) is 79.1 Å². The first-order valence-electron chi connectivity index (χ1n) is 16.2. The molecular weight excluding hydrogens is 647 g/mol. The number of rotatable bonds is 7. The van der Waals surface area contributed by atoms with Crippen LogP contribution >= 0.6 is 0 Å². The zero-order valence-electron chi connectivity index (χ0n) is 27.2. The van der Waals surface area contributed by atoms with Crippen LogP contribution in [0.25, 0.3) is 28.9 Å². The lowest BCUT2D eigenvalue weighted by Crippen LogP contribution is -2.55. The Morgan fingerprint density at radius 1 is 1.04 bits per heavy atom. The summed E-state index contributed by atoms with van der Waals surface area (Å²) in [5.41, 5.74) is 8.87. The number of carbonyl (C=O) groups excluding carboxylic acids is 2. The maximum Gasteiger partial charge on any atom is 0.416 e. The molecule has 0 spiro atoms. The number of ether oxygens (including phenoxy) is 1. The molecule has 256 valence electrons. The Kier molecular flexibility index (Phi) is 8.60. The van der Waals surface area contributed by atoms with Crippen LogP contribution in [0.4, 0.5) is 24.8 Å². The van der Waals surface area contributed by atoms with Crippen LogP contribution in [0.5, 0.6) is 0 Å². The summed E-state index contributed by atoms with van der Waals surface area (Å²) in [6, 6.07) is 18.0. The van der Waals surface area contributed by atoms with Crippen molar-refractivity contribution in [1.29, 1.82) is 0 Å². The molecule has 0 radical (unpaired) electrons. The molecule has 50 heavy (non-hydrogen) atoms. The van der Waals surface area contributed by atoms with E-state index in [0.717, 1.165) is 48.3 Å². The standard InChI is InChI=1S/C37H34F3N7O3/c1-36(21-50-22-36)35(49)46-17-5-8-26(20-46)33-45-30(31-32(41)43-19-28(47(31)33)14-9-23-6-3-2-4-7-23)24-10-12-25(13-11-24)34(48)44-29-18-27(15-16-42-29)37(38,39)40/h2-4,6-7,9-16,18-19,26H,5,8,17,20-22H2,1H3,(H2,41,43)(H,42,44,48)/b14-9+. The minimum atomic E-state index is -4.57. The number of benzene rings is 2. The molecule has 13 heteroatoms. The van der Waals surface area contributed by atoms with Gasteiger partial charge in [0.05, 0.1) is 36.1 Å². The molecule has 1 unspecified atom stereocenters. The number of nitrogen functional groups attached to an aromatic ring is 1. The fourth-order valence-corrected chi connectivity index (χ4v) is 6.46. The number of amides is 2. The third-order valence-electron chi connectivity index (χ3n) is 9.17. The molecule has 2 amide bonds. The number of nitrogens with zero attached hydrogens (tertiary/aromatic N) is 5. The van der Waals surface area contributed by atoms with Crippen molar-refractivity contribution in [3.05, 3.63) is 107 Å². The van der Waals surface area contributed by atoms with Gasteiger partial charge in [-0.05, 0) is 55.7 Å². The molecule has 1 atom stereocenters. The van der Waals surface area contributed by atoms with Gasteiger partial charge >= 0.3 is 6.18 Å². The van der Waals surface area contributed by atoms with E-state index in [1.54, 1.807) is 30.5 Å². The summed E-state index contributed by atoms with van der Waals surface area (Å²) in [6.07, 6.45) is 3.67. The van der Waals surface area contributed by atoms with Crippen molar-refractivity contribution in [2.75, 3.05) is 37.4 Å². The van der Waals surface area contributed by atoms with Crippen molar-refractivity contribution >= 4 is 41.1 Å². The van der Waals surface area contributed by atoms with E-state index < -0.39 is 23.1 Å². The lowest BCUT2D eigenvalue weighted by Gasteiger charge is -2.42. The fraction of sp³-hybridized carbons (Fsp3) is 0.270. The van der Waals surface area contributed by atoms with Crippen LogP contribution in [0.2, 0.25) is 0 Å². The minimum Gasteiger partial charge on any atom is -0.382 e. The van der Waals surface area contributed by atoms with Gasteiger partial charge in [-0.15, -0.1) is 0 Å². The predicted octanol–water partition coefficient (Wildman–Crippen LogP) is 6.56. The van der Waals surface area contributed by atoms with Gasteiger partial charge in [0.15, 0.2) is 0 Å². The van der Waals surface area contributed by atoms with Crippen molar-refractivity contribution < 1.29 is 27.5 Å². The number of piperidine rings is 1. The van der Waals surface area contributed by atoms with Gasteiger partial charge in [-0.1, -0.05) is 48.5 Å². The molecule has 0 aliphatic carbocycles. The number of anilines is 2. The lowest BCUT2D eigenvalue weighted by atomic mass is 9.85. The largest absolute Gasteiger partial charge is 0.416 e. The number of alkyl halides is 3. The summed E-state index contributed by atoms with van der Waals surface area (Å²) in [5, 5.41) is 2.44. The van der Waals surface area contributed by atoms with Gasteiger partial charge in [0.25, 0.3) is 5.91 Å². The number of hydrogen-bond acceptors (Lipinski definition) is 7. The normalized spacial score (nSPS) is 17.5. The van der Waals surface area contributed by atoms with E-state index in [1.807, 2.05) is 58.7 Å². The average Bonchev–Trinajstić information content (AvgIpc) is 3.52. The molecule has 2 fully saturated rings. The monoisotopic (exact) mass is 681 g/mol. The van der Waals surface area contributed by atoms with Crippen LogP contribution in [0.1, 0.15) is 58.7 Å². The van der Waals surface area contributed by atoms with Gasteiger partial charge in [0, 0.05) is 36.3 Å². The Balaban J connectivity index is 1.25. The molecule has 3 N–H and O–H groups in total. The molecule has 2 aliphatic rings. The average molecular weight is 682 g/mol. The second kappa shape index (κ2) is 13.0. The van der Waals surface area contributed by atoms with Crippen LogP contribution in [-0.4, -0.2) is 62.4 Å². The zero-order chi connectivity index (χ0) is 35.0. The first kappa shape index (κ1) is 33.0. The number of likely N-dealkylation sites (tertiary alicyclic amines) is 1.